The molecule has 0 amide bonds. The van der Waals surface area contributed by atoms with Gasteiger partial charge in [0.05, 0.1) is 18.3 Å². The molecule has 0 unspecified atom stereocenters. The summed E-state index contributed by atoms with van der Waals surface area (Å²) < 4.78 is 7.11. The molecule has 0 aliphatic rings. The number of ketones is 1. The quantitative estimate of drug-likeness (QED) is 0.673. The van der Waals surface area contributed by atoms with Crippen LogP contribution in [0.1, 0.15) is 17.3 Å². The normalized spacial score (nSPS) is 10.7. The summed E-state index contributed by atoms with van der Waals surface area (Å²) in [6.45, 7) is 2.79. The first kappa shape index (κ1) is 13.4. The van der Waals surface area contributed by atoms with Crippen molar-refractivity contribution in [3.8, 4) is 5.75 Å². The van der Waals surface area contributed by atoms with E-state index in [9.17, 15) is 4.79 Å². The monoisotopic (exact) mass is 280 g/mol. The minimum absolute atomic E-state index is 0.0342. The summed E-state index contributed by atoms with van der Waals surface area (Å²) in [7, 11) is 0. The lowest BCUT2D eigenvalue weighted by molar-refractivity contribution is 0.0969. The molecule has 0 spiro atoms. The van der Waals surface area contributed by atoms with E-state index in [1.807, 2.05) is 43.3 Å². The molecule has 3 aromatic rings. The van der Waals surface area contributed by atoms with Crippen molar-refractivity contribution in [1.29, 1.82) is 0 Å². The van der Waals surface area contributed by atoms with Gasteiger partial charge < -0.3 is 4.74 Å². The SMILES string of the molecule is CCOc1ccc(C(=O)Cn2ncc3ccccc32)cc1. The van der Waals surface area contributed by atoms with E-state index in [1.165, 1.54) is 0 Å². The number of ether oxygens (including phenoxy) is 1. The summed E-state index contributed by atoms with van der Waals surface area (Å²) >= 11 is 0. The van der Waals surface area contributed by atoms with Crippen LogP contribution in [0.25, 0.3) is 10.9 Å². The Labute approximate surface area is 123 Å². The number of para-hydroxylation sites is 1. The van der Waals surface area contributed by atoms with Gasteiger partial charge in [0.1, 0.15) is 12.3 Å². The molecule has 0 saturated heterocycles. The van der Waals surface area contributed by atoms with E-state index in [2.05, 4.69) is 5.10 Å². The fourth-order valence-corrected chi connectivity index (χ4v) is 2.28. The molecule has 1 heterocycles. The van der Waals surface area contributed by atoms with E-state index in [-0.39, 0.29) is 12.3 Å². The number of carbonyl (C=O) groups excluding carboxylic acids is 1. The van der Waals surface area contributed by atoms with Crippen molar-refractivity contribution in [3.05, 3.63) is 60.3 Å². The Balaban J connectivity index is 1.79. The summed E-state index contributed by atoms with van der Waals surface area (Å²) in [6, 6.07) is 15.1. The lowest BCUT2D eigenvalue weighted by Gasteiger charge is -2.05. The van der Waals surface area contributed by atoms with Crippen molar-refractivity contribution in [2.24, 2.45) is 0 Å². The van der Waals surface area contributed by atoms with E-state index in [4.69, 9.17) is 4.74 Å². The van der Waals surface area contributed by atoms with Crippen LogP contribution < -0.4 is 4.74 Å². The summed E-state index contributed by atoms with van der Waals surface area (Å²) in [5, 5.41) is 5.32. The molecule has 21 heavy (non-hydrogen) atoms. The van der Waals surface area contributed by atoms with Crippen molar-refractivity contribution in [2.45, 2.75) is 13.5 Å². The van der Waals surface area contributed by atoms with E-state index < -0.39 is 0 Å². The molecule has 0 aliphatic heterocycles. The molecule has 3 rings (SSSR count). The van der Waals surface area contributed by atoms with E-state index in [0.717, 1.165) is 16.7 Å². The van der Waals surface area contributed by atoms with Crippen molar-refractivity contribution < 1.29 is 9.53 Å². The molecule has 2 aromatic carbocycles. The Kier molecular flexibility index (Phi) is 3.69. The van der Waals surface area contributed by atoms with Crippen LogP contribution >= 0.6 is 0 Å². The number of fused-ring (bicyclic) bond motifs is 1. The Morgan fingerprint density at radius 3 is 2.67 bits per heavy atom. The van der Waals surface area contributed by atoms with Crippen LogP contribution in [0.2, 0.25) is 0 Å². The second-order valence-corrected chi connectivity index (χ2v) is 4.74. The molecule has 0 N–H and O–H groups in total. The number of hydrogen-bond acceptors (Lipinski definition) is 3. The Morgan fingerprint density at radius 2 is 1.90 bits per heavy atom. The van der Waals surface area contributed by atoms with Gasteiger partial charge in [0.25, 0.3) is 0 Å². The molecule has 4 nitrogen and oxygen atoms in total. The van der Waals surface area contributed by atoms with E-state index in [0.29, 0.717) is 12.2 Å². The highest BCUT2D eigenvalue weighted by molar-refractivity contribution is 5.96. The van der Waals surface area contributed by atoms with Gasteiger partial charge in [0, 0.05) is 10.9 Å². The molecule has 4 heteroatoms. The van der Waals surface area contributed by atoms with Gasteiger partial charge in [-0.1, -0.05) is 18.2 Å². The lowest BCUT2D eigenvalue weighted by atomic mass is 10.1. The molecule has 0 aliphatic carbocycles. The maximum absolute atomic E-state index is 12.3. The van der Waals surface area contributed by atoms with Crippen LogP contribution in [-0.4, -0.2) is 22.2 Å². The molecule has 0 radical (unpaired) electrons. The van der Waals surface area contributed by atoms with Crippen LogP contribution in [0.3, 0.4) is 0 Å². The molecule has 106 valence electrons. The second-order valence-electron chi connectivity index (χ2n) is 4.74. The highest BCUT2D eigenvalue weighted by atomic mass is 16.5. The number of carbonyl (C=O) groups is 1. The topological polar surface area (TPSA) is 44.1 Å². The van der Waals surface area contributed by atoms with Crippen LogP contribution in [0, 0.1) is 0 Å². The minimum atomic E-state index is 0.0342. The maximum Gasteiger partial charge on any atom is 0.184 e. The summed E-state index contributed by atoms with van der Waals surface area (Å²) in [6.07, 6.45) is 1.78. The average molecular weight is 280 g/mol. The summed E-state index contributed by atoms with van der Waals surface area (Å²) in [5.74, 6) is 0.811. The first-order valence-corrected chi connectivity index (χ1v) is 6.94. The highest BCUT2D eigenvalue weighted by Gasteiger charge is 2.10. The second kappa shape index (κ2) is 5.79. The lowest BCUT2D eigenvalue weighted by Crippen LogP contribution is -2.11. The number of hydrogen-bond donors (Lipinski definition) is 0. The number of nitrogens with zero attached hydrogens (tertiary/aromatic N) is 2. The first-order chi connectivity index (χ1) is 10.3. The van der Waals surface area contributed by atoms with Gasteiger partial charge in [-0.2, -0.15) is 5.10 Å². The zero-order valence-corrected chi connectivity index (χ0v) is 11.8. The molecule has 1 aromatic heterocycles. The fraction of sp³-hybridized carbons (Fsp3) is 0.176. The highest BCUT2D eigenvalue weighted by Crippen LogP contribution is 2.15. The van der Waals surface area contributed by atoms with Gasteiger partial charge >= 0.3 is 0 Å². The van der Waals surface area contributed by atoms with Crippen LogP contribution in [0.5, 0.6) is 5.75 Å². The number of rotatable bonds is 5. The summed E-state index contributed by atoms with van der Waals surface area (Å²) in [4.78, 5) is 12.3. The smallest absolute Gasteiger partial charge is 0.184 e. The molecule has 0 bridgehead atoms. The van der Waals surface area contributed by atoms with Crippen molar-refractivity contribution in [2.75, 3.05) is 6.61 Å². The van der Waals surface area contributed by atoms with E-state index in [1.54, 1.807) is 23.0 Å². The standard InChI is InChI=1S/C17H16N2O2/c1-2-21-15-9-7-13(8-10-15)17(20)12-19-16-6-4-3-5-14(16)11-18-19/h3-11H,2,12H2,1H3. The predicted octanol–water partition coefficient (Wildman–Crippen LogP) is 3.32. The van der Waals surface area contributed by atoms with Crippen molar-refractivity contribution >= 4 is 16.7 Å². The van der Waals surface area contributed by atoms with Gasteiger partial charge in [-0.05, 0) is 37.3 Å². The van der Waals surface area contributed by atoms with E-state index >= 15 is 0 Å². The molecular formula is C17H16N2O2. The third kappa shape index (κ3) is 2.79. The molecule has 0 saturated carbocycles. The number of aromatic nitrogens is 2. The third-order valence-corrected chi connectivity index (χ3v) is 3.33. The van der Waals surface area contributed by atoms with Gasteiger partial charge in [-0.15, -0.1) is 0 Å². The largest absolute Gasteiger partial charge is 0.494 e. The zero-order valence-electron chi connectivity index (χ0n) is 11.8. The van der Waals surface area contributed by atoms with Gasteiger partial charge in [0.2, 0.25) is 0 Å². The molecular weight excluding hydrogens is 264 g/mol. The van der Waals surface area contributed by atoms with Gasteiger partial charge in [-0.3, -0.25) is 9.48 Å². The Hall–Kier alpha value is -2.62. The van der Waals surface area contributed by atoms with Crippen LogP contribution in [-0.2, 0) is 6.54 Å². The van der Waals surface area contributed by atoms with Crippen molar-refractivity contribution in [1.82, 2.24) is 9.78 Å². The summed E-state index contributed by atoms with van der Waals surface area (Å²) in [5.41, 5.74) is 1.63. The first-order valence-electron chi connectivity index (χ1n) is 6.94. The molecule has 0 atom stereocenters. The predicted molar refractivity (Wildman–Crippen MR) is 81.7 cm³/mol. The van der Waals surface area contributed by atoms with Crippen LogP contribution in [0.4, 0.5) is 0 Å². The zero-order chi connectivity index (χ0) is 14.7. The maximum atomic E-state index is 12.3. The Morgan fingerprint density at radius 1 is 1.14 bits per heavy atom. The van der Waals surface area contributed by atoms with Crippen molar-refractivity contribution in [3.63, 3.8) is 0 Å². The molecule has 0 fully saturated rings. The van der Waals surface area contributed by atoms with Gasteiger partial charge in [-0.25, -0.2) is 0 Å². The average Bonchev–Trinajstić information content (AvgIpc) is 2.92. The minimum Gasteiger partial charge on any atom is -0.494 e. The van der Waals surface area contributed by atoms with Gasteiger partial charge in [0.15, 0.2) is 5.78 Å². The third-order valence-electron chi connectivity index (χ3n) is 3.33. The Bertz CT molecular complexity index is 760. The van der Waals surface area contributed by atoms with Crippen LogP contribution in [0.15, 0.2) is 54.7 Å². The number of benzene rings is 2. The number of Topliss-reactive ketones (excluding diaryl/α,β-unsaturated/α-hetero) is 1. The fourth-order valence-electron chi connectivity index (χ4n) is 2.28.